The molecule has 0 aliphatic carbocycles. The molecule has 31 heavy (non-hydrogen) atoms. The van der Waals surface area contributed by atoms with E-state index in [1.807, 2.05) is 17.0 Å². The van der Waals surface area contributed by atoms with Gasteiger partial charge in [-0.25, -0.2) is 4.79 Å². The van der Waals surface area contributed by atoms with E-state index < -0.39 is 5.97 Å². The zero-order valence-electron chi connectivity index (χ0n) is 17.2. The number of aromatic amines is 2. The monoisotopic (exact) mass is 417 g/mol. The minimum absolute atomic E-state index is 0.138. The Labute approximate surface area is 178 Å². The van der Waals surface area contributed by atoms with Crippen LogP contribution in [0.3, 0.4) is 0 Å². The zero-order valence-corrected chi connectivity index (χ0v) is 17.2. The molecule has 8 heteroatoms. The van der Waals surface area contributed by atoms with Gasteiger partial charge in [0.05, 0.1) is 16.8 Å². The fourth-order valence-electron chi connectivity index (χ4n) is 4.30. The number of nitrogens with zero attached hydrogens (tertiary/aromatic N) is 3. The van der Waals surface area contributed by atoms with E-state index in [0.29, 0.717) is 5.52 Å². The van der Waals surface area contributed by atoms with E-state index in [2.05, 4.69) is 32.2 Å². The van der Waals surface area contributed by atoms with Crippen LogP contribution in [0.5, 0.6) is 0 Å². The molecule has 1 fully saturated rings. The number of H-pyrrole nitrogens is 2. The SMILES string of the molecule is CC(=O)N1CCN(Cc2cccc3[nH]c(-c4n[nH]c5cc(C(=O)O)ccc45)cc23)CC1. The molecule has 0 saturated carbocycles. The first kappa shape index (κ1) is 19.3. The van der Waals surface area contributed by atoms with Crippen molar-refractivity contribution in [3.05, 3.63) is 53.6 Å². The van der Waals surface area contributed by atoms with Gasteiger partial charge in [-0.2, -0.15) is 5.10 Å². The summed E-state index contributed by atoms with van der Waals surface area (Å²) in [6, 6.07) is 13.3. The summed E-state index contributed by atoms with van der Waals surface area (Å²) >= 11 is 0. The number of hydrogen-bond acceptors (Lipinski definition) is 4. The Kier molecular flexibility index (Phi) is 4.71. The number of aromatic nitrogens is 3. The molecule has 1 aliphatic heterocycles. The van der Waals surface area contributed by atoms with Crippen molar-refractivity contribution in [1.82, 2.24) is 25.0 Å². The molecule has 1 saturated heterocycles. The van der Waals surface area contributed by atoms with Gasteiger partial charge in [-0.15, -0.1) is 0 Å². The van der Waals surface area contributed by atoms with E-state index in [9.17, 15) is 14.7 Å². The number of carboxylic acid groups (broad SMARTS) is 1. The Morgan fingerprint density at radius 2 is 1.84 bits per heavy atom. The van der Waals surface area contributed by atoms with E-state index in [-0.39, 0.29) is 11.5 Å². The standard InChI is InChI=1S/C23H23N5O3/c1-14(29)28-9-7-27(8-10-28)13-16-3-2-4-19-18(16)12-21(24-19)22-17-6-5-15(23(30)31)11-20(17)25-26-22/h2-6,11-12,24H,7-10,13H2,1H3,(H,25,26)(H,30,31). The average Bonchev–Trinajstić information content (AvgIpc) is 3.38. The topological polar surface area (TPSA) is 105 Å². The molecule has 3 heterocycles. The molecule has 1 aliphatic rings. The second-order valence-electron chi connectivity index (χ2n) is 7.98. The van der Waals surface area contributed by atoms with Gasteiger partial charge in [-0.05, 0) is 35.9 Å². The van der Waals surface area contributed by atoms with Gasteiger partial charge in [0.1, 0.15) is 5.69 Å². The second kappa shape index (κ2) is 7.55. The third kappa shape index (κ3) is 3.55. The minimum atomic E-state index is -0.961. The normalized spacial score (nSPS) is 15.1. The van der Waals surface area contributed by atoms with Crippen LogP contribution in [0.25, 0.3) is 33.2 Å². The number of aromatic carboxylic acids is 1. The molecule has 3 N–H and O–H groups in total. The molecular formula is C23H23N5O3. The molecule has 2 aromatic carbocycles. The van der Waals surface area contributed by atoms with E-state index >= 15 is 0 Å². The lowest BCUT2D eigenvalue weighted by Gasteiger charge is -2.34. The lowest BCUT2D eigenvalue weighted by molar-refractivity contribution is -0.130. The first-order chi connectivity index (χ1) is 15.0. The summed E-state index contributed by atoms with van der Waals surface area (Å²) in [7, 11) is 0. The van der Waals surface area contributed by atoms with Gasteiger partial charge < -0.3 is 15.0 Å². The summed E-state index contributed by atoms with van der Waals surface area (Å²) in [4.78, 5) is 30.5. The van der Waals surface area contributed by atoms with Crippen LogP contribution in [0, 0.1) is 0 Å². The van der Waals surface area contributed by atoms with E-state index in [1.54, 1.807) is 25.1 Å². The molecule has 0 atom stereocenters. The minimum Gasteiger partial charge on any atom is -0.478 e. The fourth-order valence-corrected chi connectivity index (χ4v) is 4.30. The molecule has 2 aromatic heterocycles. The summed E-state index contributed by atoms with van der Waals surface area (Å²) in [5.41, 5.74) is 4.84. The van der Waals surface area contributed by atoms with Crippen molar-refractivity contribution in [1.29, 1.82) is 0 Å². The van der Waals surface area contributed by atoms with Crippen molar-refractivity contribution >= 4 is 33.7 Å². The van der Waals surface area contributed by atoms with Gasteiger partial charge in [-0.1, -0.05) is 12.1 Å². The van der Waals surface area contributed by atoms with E-state index in [0.717, 1.165) is 60.4 Å². The molecule has 5 rings (SSSR count). The summed E-state index contributed by atoms with van der Waals surface area (Å²) < 4.78 is 0. The Morgan fingerprint density at radius 3 is 2.58 bits per heavy atom. The predicted octanol–water partition coefficient (Wildman–Crippen LogP) is 3.07. The van der Waals surface area contributed by atoms with E-state index in [1.165, 1.54) is 5.56 Å². The first-order valence-corrected chi connectivity index (χ1v) is 10.3. The van der Waals surface area contributed by atoms with Gasteiger partial charge >= 0.3 is 5.97 Å². The zero-order chi connectivity index (χ0) is 21.5. The summed E-state index contributed by atoms with van der Waals surface area (Å²) in [5.74, 6) is -0.823. The van der Waals surface area contributed by atoms with Gasteiger partial charge in [0.15, 0.2) is 0 Å². The van der Waals surface area contributed by atoms with E-state index in [4.69, 9.17) is 0 Å². The maximum Gasteiger partial charge on any atom is 0.335 e. The van der Waals surface area contributed by atoms with Gasteiger partial charge in [0.2, 0.25) is 5.91 Å². The van der Waals surface area contributed by atoms with Gasteiger partial charge in [0.25, 0.3) is 0 Å². The van der Waals surface area contributed by atoms with Crippen molar-refractivity contribution in [3.8, 4) is 11.4 Å². The second-order valence-corrected chi connectivity index (χ2v) is 7.98. The van der Waals surface area contributed by atoms with Crippen molar-refractivity contribution in [2.24, 2.45) is 0 Å². The third-order valence-electron chi connectivity index (χ3n) is 6.03. The number of benzene rings is 2. The number of carbonyl (C=O) groups excluding carboxylic acids is 1. The summed E-state index contributed by atoms with van der Waals surface area (Å²) in [5, 5.41) is 18.6. The number of piperazine rings is 1. The molecular weight excluding hydrogens is 394 g/mol. The maximum atomic E-state index is 11.6. The highest BCUT2D eigenvalue weighted by Gasteiger charge is 2.20. The molecule has 0 radical (unpaired) electrons. The Bertz CT molecular complexity index is 1300. The summed E-state index contributed by atoms with van der Waals surface area (Å²) in [6.07, 6.45) is 0. The van der Waals surface area contributed by atoms with Crippen LogP contribution in [-0.4, -0.2) is 68.1 Å². The largest absolute Gasteiger partial charge is 0.478 e. The number of nitrogens with one attached hydrogen (secondary N) is 2. The highest BCUT2D eigenvalue weighted by Crippen LogP contribution is 2.31. The quantitative estimate of drug-likeness (QED) is 0.473. The highest BCUT2D eigenvalue weighted by atomic mass is 16.4. The maximum absolute atomic E-state index is 11.6. The van der Waals surface area contributed by atoms with Crippen LogP contribution < -0.4 is 0 Å². The van der Waals surface area contributed by atoms with Crippen LogP contribution in [-0.2, 0) is 11.3 Å². The Morgan fingerprint density at radius 1 is 1.03 bits per heavy atom. The number of fused-ring (bicyclic) bond motifs is 2. The van der Waals surface area contributed by atoms with Crippen molar-refractivity contribution in [2.45, 2.75) is 13.5 Å². The number of rotatable bonds is 4. The van der Waals surface area contributed by atoms with Gasteiger partial charge in [0, 0.05) is 55.9 Å². The smallest absolute Gasteiger partial charge is 0.335 e. The number of carboxylic acids is 1. The van der Waals surface area contributed by atoms with Crippen molar-refractivity contribution in [3.63, 3.8) is 0 Å². The fraction of sp³-hybridized carbons (Fsp3) is 0.261. The number of carbonyl (C=O) groups is 2. The molecule has 0 spiro atoms. The molecule has 1 amide bonds. The van der Waals surface area contributed by atoms with Crippen molar-refractivity contribution < 1.29 is 14.7 Å². The average molecular weight is 417 g/mol. The first-order valence-electron chi connectivity index (χ1n) is 10.3. The van der Waals surface area contributed by atoms with Crippen molar-refractivity contribution in [2.75, 3.05) is 26.2 Å². The highest BCUT2D eigenvalue weighted by molar-refractivity contribution is 5.99. The van der Waals surface area contributed by atoms with Crippen LogP contribution in [0.1, 0.15) is 22.8 Å². The third-order valence-corrected chi connectivity index (χ3v) is 6.03. The van der Waals surface area contributed by atoms with Crippen LogP contribution >= 0.6 is 0 Å². The molecule has 8 nitrogen and oxygen atoms in total. The molecule has 0 bridgehead atoms. The number of amides is 1. The lowest BCUT2D eigenvalue weighted by Crippen LogP contribution is -2.47. The molecule has 158 valence electrons. The van der Waals surface area contributed by atoms with Crippen LogP contribution in [0.4, 0.5) is 0 Å². The van der Waals surface area contributed by atoms with Crippen LogP contribution in [0.2, 0.25) is 0 Å². The number of hydrogen-bond donors (Lipinski definition) is 3. The Hall–Kier alpha value is -3.65. The molecule has 0 unspecified atom stereocenters. The molecule has 4 aromatic rings. The Balaban J connectivity index is 1.44. The van der Waals surface area contributed by atoms with Crippen LogP contribution in [0.15, 0.2) is 42.5 Å². The lowest BCUT2D eigenvalue weighted by atomic mass is 10.1. The summed E-state index contributed by atoms with van der Waals surface area (Å²) in [6.45, 7) is 5.71. The predicted molar refractivity (Wildman–Crippen MR) is 118 cm³/mol. The van der Waals surface area contributed by atoms with Gasteiger partial charge in [-0.3, -0.25) is 14.8 Å².